The van der Waals surface area contributed by atoms with Crippen molar-refractivity contribution < 1.29 is 14.3 Å². The summed E-state index contributed by atoms with van der Waals surface area (Å²) < 4.78 is 4.92. The minimum atomic E-state index is -0.511. The second-order valence-electron chi connectivity index (χ2n) is 8.64. The number of carbonyl (C=O) groups is 2. The van der Waals surface area contributed by atoms with Gasteiger partial charge in [0.05, 0.1) is 23.6 Å². The number of hydrogen-bond donors (Lipinski definition) is 2. The van der Waals surface area contributed by atoms with E-state index < -0.39 is 5.97 Å². The third kappa shape index (κ3) is 5.83. The van der Waals surface area contributed by atoms with E-state index in [1.54, 1.807) is 21.0 Å². The van der Waals surface area contributed by atoms with Crippen molar-refractivity contribution in [3.63, 3.8) is 0 Å². The largest absolute Gasteiger partial charge is 0.465 e. The first-order chi connectivity index (χ1) is 14.4. The predicted molar refractivity (Wildman–Crippen MR) is 131 cm³/mol. The zero-order valence-corrected chi connectivity index (χ0v) is 21.0. The maximum absolute atomic E-state index is 12.5. The Morgan fingerprint density at radius 2 is 1.74 bits per heavy atom. The van der Waals surface area contributed by atoms with Crippen molar-refractivity contribution in [1.29, 1.82) is 0 Å². The number of thiocarbonyl (C=S) groups is 1. The third-order valence-corrected chi connectivity index (χ3v) is 6.40. The van der Waals surface area contributed by atoms with Gasteiger partial charge in [0, 0.05) is 14.1 Å². The van der Waals surface area contributed by atoms with Crippen molar-refractivity contribution in [3.8, 4) is 0 Å². The minimum absolute atomic E-state index is 0.0421. The second-order valence-corrected chi connectivity index (χ2v) is 10.1. The average Bonchev–Trinajstić information content (AvgIpc) is 3.01. The van der Waals surface area contributed by atoms with Crippen molar-refractivity contribution in [2.24, 2.45) is 0 Å². The highest BCUT2D eigenvalue weighted by molar-refractivity contribution is 7.80. The first kappa shape index (κ1) is 24.8. The number of benzene rings is 1. The molecule has 0 fully saturated rings. The molecule has 8 heteroatoms. The SMILES string of the molecule is COC(=O)c1c(NC(=S)NC(C)c2ccc(C(C)(C)C)cc2)sc(C(=O)N(C)C)c1C. The van der Waals surface area contributed by atoms with Gasteiger partial charge in [-0.2, -0.15) is 0 Å². The molecule has 1 heterocycles. The Labute approximate surface area is 194 Å². The van der Waals surface area contributed by atoms with Crippen molar-refractivity contribution in [2.45, 2.75) is 46.1 Å². The van der Waals surface area contributed by atoms with Crippen LogP contribution in [0.5, 0.6) is 0 Å². The highest BCUT2D eigenvalue weighted by Crippen LogP contribution is 2.34. The van der Waals surface area contributed by atoms with Gasteiger partial charge in [0.1, 0.15) is 5.00 Å². The Balaban J connectivity index is 2.21. The normalized spacial score (nSPS) is 12.1. The summed E-state index contributed by atoms with van der Waals surface area (Å²) in [5, 5.41) is 7.18. The molecule has 0 aliphatic heterocycles. The van der Waals surface area contributed by atoms with Crippen LogP contribution in [0.4, 0.5) is 5.00 Å². The number of methoxy groups -OCH3 is 1. The number of esters is 1. The molecule has 168 valence electrons. The van der Waals surface area contributed by atoms with Crippen LogP contribution in [0, 0.1) is 6.92 Å². The summed E-state index contributed by atoms with van der Waals surface area (Å²) in [4.78, 5) is 26.8. The van der Waals surface area contributed by atoms with Crippen molar-refractivity contribution >= 4 is 45.5 Å². The zero-order valence-electron chi connectivity index (χ0n) is 19.4. The van der Waals surface area contributed by atoms with E-state index in [0.717, 1.165) is 5.56 Å². The fraction of sp³-hybridized carbons (Fsp3) is 0.435. The molecule has 0 spiro atoms. The Morgan fingerprint density at radius 1 is 1.16 bits per heavy atom. The monoisotopic (exact) mass is 461 g/mol. The lowest BCUT2D eigenvalue weighted by molar-refractivity contribution is 0.0601. The molecule has 0 aliphatic carbocycles. The van der Waals surface area contributed by atoms with E-state index in [1.165, 1.54) is 28.9 Å². The van der Waals surface area contributed by atoms with Crippen LogP contribution in [0.2, 0.25) is 0 Å². The number of nitrogens with zero attached hydrogens (tertiary/aromatic N) is 1. The highest BCUT2D eigenvalue weighted by Gasteiger charge is 2.26. The second kappa shape index (κ2) is 9.78. The number of amides is 1. The molecule has 2 rings (SSSR count). The number of ether oxygens (including phenoxy) is 1. The van der Waals surface area contributed by atoms with Gasteiger partial charge in [0.25, 0.3) is 5.91 Å². The molecule has 1 amide bonds. The topological polar surface area (TPSA) is 70.7 Å². The summed E-state index contributed by atoms with van der Waals surface area (Å²) in [6.45, 7) is 10.3. The van der Waals surface area contributed by atoms with Crippen LogP contribution in [0.3, 0.4) is 0 Å². The molecular formula is C23H31N3O3S2. The number of nitrogens with one attached hydrogen (secondary N) is 2. The summed E-state index contributed by atoms with van der Waals surface area (Å²) >= 11 is 6.68. The maximum Gasteiger partial charge on any atom is 0.341 e. The van der Waals surface area contributed by atoms with Crippen molar-refractivity contribution in [2.75, 3.05) is 26.5 Å². The Morgan fingerprint density at radius 3 is 2.23 bits per heavy atom. The first-order valence-electron chi connectivity index (χ1n) is 9.98. The molecule has 1 aromatic heterocycles. The highest BCUT2D eigenvalue weighted by atomic mass is 32.1. The minimum Gasteiger partial charge on any atom is -0.465 e. The van der Waals surface area contributed by atoms with Crippen LogP contribution >= 0.6 is 23.6 Å². The van der Waals surface area contributed by atoms with Gasteiger partial charge in [-0.25, -0.2) is 4.79 Å². The smallest absolute Gasteiger partial charge is 0.341 e. The Hall–Kier alpha value is -2.45. The molecular weight excluding hydrogens is 430 g/mol. The lowest BCUT2D eigenvalue weighted by Crippen LogP contribution is -2.31. The molecule has 2 aromatic rings. The van der Waals surface area contributed by atoms with Crippen LogP contribution in [-0.4, -0.2) is 43.1 Å². The van der Waals surface area contributed by atoms with Gasteiger partial charge in [0.15, 0.2) is 5.11 Å². The standard InChI is InChI=1S/C23H31N3O3S2/c1-13-17(21(28)29-8)19(31-18(13)20(27)26(6)7)25-22(30)24-14(2)15-9-11-16(12-10-15)23(3,4)5/h9-12,14H,1-8H3,(H2,24,25,30). The molecule has 6 nitrogen and oxygen atoms in total. The molecule has 0 aliphatic rings. The van der Waals surface area contributed by atoms with Gasteiger partial charge < -0.3 is 20.3 Å². The molecule has 0 saturated heterocycles. The number of thiophene rings is 1. The third-order valence-electron chi connectivity index (χ3n) is 4.99. The summed E-state index contributed by atoms with van der Waals surface area (Å²) in [5.74, 6) is -0.686. The van der Waals surface area contributed by atoms with Gasteiger partial charge in [-0.05, 0) is 48.2 Å². The van der Waals surface area contributed by atoms with Crippen LogP contribution in [0.25, 0.3) is 0 Å². The van der Waals surface area contributed by atoms with Crippen LogP contribution in [-0.2, 0) is 10.2 Å². The quantitative estimate of drug-likeness (QED) is 0.488. The Kier molecular flexibility index (Phi) is 7.83. The number of anilines is 1. The first-order valence-corrected chi connectivity index (χ1v) is 11.2. The average molecular weight is 462 g/mol. The van der Waals surface area contributed by atoms with E-state index >= 15 is 0 Å². The van der Waals surface area contributed by atoms with Crippen molar-refractivity contribution in [3.05, 3.63) is 51.4 Å². The predicted octanol–water partition coefficient (Wildman–Crippen LogP) is 4.89. The Bertz CT molecular complexity index is 973. The van der Waals surface area contributed by atoms with Gasteiger partial charge >= 0.3 is 5.97 Å². The summed E-state index contributed by atoms with van der Waals surface area (Å²) in [5.41, 5.74) is 3.35. The molecule has 0 bridgehead atoms. The summed E-state index contributed by atoms with van der Waals surface area (Å²) in [7, 11) is 4.66. The van der Waals surface area contributed by atoms with Gasteiger partial charge in [-0.15, -0.1) is 11.3 Å². The molecule has 0 radical (unpaired) electrons. The van der Waals surface area contributed by atoms with E-state index in [-0.39, 0.29) is 17.4 Å². The molecule has 1 aromatic carbocycles. The number of rotatable bonds is 5. The summed E-state index contributed by atoms with van der Waals surface area (Å²) in [6, 6.07) is 8.38. The van der Waals surface area contributed by atoms with E-state index in [9.17, 15) is 9.59 Å². The zero-order chi connectivity index (χ0) is 23.5. The molecule has 0 saturated carbocycles. The lowest BCUT2D eigenvalue weighted by atomic mass is 9.86. The van der Waals surface area contributed by atoms with E-state index in [0.29, 0.717) is 26.1 Å². The molecule has 1 atom stereocenters. The molecule has 31 heavy (non-hydrogen) atoms. The van der Waals surface area contributed by atoms with Gasteiger partial charge in [-0.1, -0.05) is 45.0 Å². The van der Waals surface area contributed by atoms with Crippen molar-refractivity contribution in [1.82, 2.24) is 10.2 Å². The van der Waals surface area contributed by atoms with Crippen LogP contribution in [0.15, 0.2) is 24.3 Å². The molecule has 2 N–H and O–H groups in total. The number of hydrogen-bond acceptors (Lipinski definition) is 5. The number of carbonyl (C=O) groups excluding carboxylic acids is 2. The van der Waals surface area contributed by atoms with Crippen LogP contribution in [0.1, 0.15) is 70.5 Å². The van der Waals surface area contributed by atoms with E-state index in [2.05, 4.69) is 55.7 Å². The fourth-order valence-corrected chi connectivity index (χ4v) is 4.61. The summed E-state index contributed by atoms with van der Waals surface area (Å²) in [6.07, 6.45) is 0. The lowest BCUT2D eigenvalue weighted by Gasteiger charge is -2.21. The molecule has 1 unspecified atom stereocenters. The maximum atomic E-state index is 12.5. The van der Waals surface area contributed by atoms with Gasteiger partial charge in [0.2, 0.25) is 0 Å². The van der Waals surface area contributed by atoms with Gasteiger partial charge in [-0.3, -0.25) is 4.79 Å². The fourth-order valence-electron chi connectivity index (χ4n) is 3.05. The van der Waals surface area contributed by atoms with E-state index in [1.807, 2.05) is 6.92 Å². The van der Waals surface area contributed by atoms with Crippen LogP contribution < -0.4 is 10.6 Å². The van der Waals surface area contributed by atoms with E-state index in [4.69, 9.17) is 17.0 Å².